The molecule has 4 heteroatoms. The molecule has 1 atom stereocenters. The number of nitrogens with zero attached hydrogens (tertiary/aromatic N) is 2. The van der Waals surface area contributed by atoms with Crippen molar-refractivity contribution in [3.05, 3.63) is 0 Å². The first kappa shape index (κ1) is 11.9. The number of hydrogen-bond acceptors (Lipinski definition) is 3. The molecule has 2 aliphatic rings. The minimum absolute atomic E-state index is 0.328. The average molecular weight is 226 g/mol. The van der Waals surface area contributed by atoms with E-state index in [1.807, 2.05) is 0 Å². The summed E-state index contributed by atoms with van der Waals surface area (Å²) in [7, 11) is 0. The van der Waals surface area contributed by atoms with Crippen LogP contribution >= 0.6 is 0 Å². The summed E-state index contributed by atoms with van der Waals surface area (Å²) in [6, 6.07) is -0.328. The summed E-state index contributed by atoms with van der Waals surface area (Å²) in [5.41, 5.74) is 0. The topological polar surface area (TPSA) is 43.8 Å². The van der Waals surface area contributed by atoms with E-state index in [0.29, 0.717) is 0 Å². The standard InChI is InChI=1S/C12H22N2O2/c1-10(12(15)16)14-7-5-13(6-8-14)9-11-3-2-4-11/h10-11H,2-9H2,1H3,(H,15,16). The molecule has 16 heavy (non-hydrogen) atoms. The molecule has 1 heterocycles. The fourth-order valence-electron chi connectivity index (χ4n) is 2.53. The number of piperazine rings is 1. The fourth-order valence-corrected chi connectivity index (χ4v) is 2.53. The molecule has 0 amide bonds. The Morgan fingerprint density at radius 2 is 1.94 bits per heavy atom. The van der Waals surface area contributed by atoms with Gasteiger partial charge in [-0.2, -0.15) is 0 Å². The van der Waals surface area contributed by atoms with Crippen molar-refractivity contribution in [3.8, 4) is 0 Å². The third kappa shape index (κ3) is 2.74. The lowest BCUT2D eigenvalue weighted by molar-refractivity contribution is -0.143. The van der Waals surface area contributed by atoms with Crippen molar-refractivity contribution >= 4 is 5.97 Å². The van der Waals surface area contributed by atoms with Gasteiger partial charge in [0.15, 0.2) is 0 Å². The lowest BCUT2D eigenvalue weighted by Crippen LogP contribution is -2.52. The Morgan fingerprint density at radius 1 is 1.31 bits per heavy atom. The minimum atomic E-state index is -0.701. The van der Waals surface area contributed by atoms with Gasteiger partial charge in [-0.15, -0.1) is 0 Å². The van der Waals surface area contributed by atoms with Gasteiger partial charge >= 0.3 is 5.97 Å². The molecular weight excluding hydrogens is 204 g/mol. The summed E-state index contributed by atoms with van der Waals surface area (Å²) in [6.45, 7) is 6.89. The molecule has 1 unspecified atom stereocenters. The lowest BCUT2D eigenvalue weighted by atomic mass is 9.85. The SMILES string of the molecule is CC(C(=O)O)N1CCN(CC2CCC2)CC1. The van der Waals surface area contributed by atoms with E-state index in [9.17, 15) is 4.79 Å². The van der Waals surface area contributed by atoms with E-state index in [0.717, 1.165) is 32.1 Å². The van der Waals surface area contributed by atoms with Gasteiger partial charge in [0.25, 0.3) is 0 Å². The minimum Gasteiger partial charge on any atom is -0.480 e. The number of carbonyl (C=O) groups is 1. The summed E-state index contributed by atoms with van der Waals surface area (Å²) >= 11 is 0. The van der Waals surface area contributed by atoms with E-state index >= 15 is 0 Å². The van der Waals surface area contributed by atoms with Crippen LogP contribution in [0.2, 0.25) is 0 Å². The maximum Gasteiger partial charge on any atom is 0.320 e. The molecule has 0 aromatic heterocycles. The summed E-state index contributed by atoms with van der Waals surface area (Å²) in [6.07, 6.45) is 4.19. The van der Waals surface area contributed by atoms with Crippen LogP contribution in [0.3, 0.4) is 0 Å². The molecule has 1 aliphatic heterocycles. The van der Waals surface area contributed by atoms with Crippen molar-refractivity contribution in [2.75, 3.05) is 32.7 Å². The van der Waals surface area contributed by atoms with Crippen LogP contribution in [0.1, 0.15) is 26.2 Å². The van der Waals surface area contributed by atoms with Gasteiger partial charge in [-0.3, -0.25) is 9.69 Å². The Morgan fingerprint density at radius 3 is 2.38 bits per heavy atom. The normalized spacial score (nSPS) is 26.3. The largest absolute Gasteiger partial charge is 0.480 e. The van der Waals surface area contributed by atoms with Crippen LogP contribution in [-0.2, 0) is 4.79 Å². The Hall–Kier alpha value is -0.610. The van der Waals surface area contributed by atoms with Gasteiger partial charge in [0.2, 0.25) is 0 Å². The second-order valence-electron chi connectivity index (χ2n) is 5.15. The second kappa shape index (κ2) is 5.15. The first-order valence-electron chi connectivity index (χ1n) is 6.36. The molecule has 2 rings (SSSR count). The van der Waals surface area contributed by atoms with Crippen LogP contribution in [-0.4, -0.2) is 59.6 Å². The summed E-state index contributed by atoms with van der Waals surface area (Å²) in [5.74, 6) is 0.218. The van der Waals surface area contributed by atoms with Crippen molar-refractivity contribution in [1.29, 1.82) is 0 Å². The van der Waals surface area contributed by atoms with Crippen molar-refractivity contribution in [2.24, 2.45) is 5.92 Å². The monoisotopic (exact) mass is 226 g/mol. The molecular formula is C12H22N2O2. The number of carboxylic acids is 1. The van der Waals surface area contributed by atoms with Gasteiger partial charge in [0, 0.05) is 32.7 Å². The summed E-state index contributed by atoms with van der Waals surface area (Å²) in [4.78, 5) is 15.4. The zero-order chi connectivity index (χ0) is 11.5. The smallest absolute Gasteiger partial charge is 0.320 e. The molecule has 1 N–H and O–H groups in total. The summed E-state index contributed by atoms with van der Waals surface area (Å²) < 4.78 is 0. The quantitative estimate of drug-likeness (QED) is 0.773. The van der Waals surface area contributed by atoms with Gasteiger partial charge in [0.05, 0.1) is 0 Å². The molecule has 0 spiro atoms. The second-order valence-corrected chi connectivity index (χ2v) is 5.15. The first-order chi connectivity index (χ1) is 7.66. The van der Waals surface area contributed by atoms with Crippen LogP contribution in [0.15, 0.2) is 0 Å². The van der Waals surface area contributed by atoms with Crippen molar-refractivity contribution < 1.29 is 9.90 Å². The predicted octanol–water partition coefficient (Wildman–Crippen LogP) is 0.877. The Balaban J connectivity index is 1.71. The van der Waals surface area contributed by atoms with Crippen LogP contribution < -0.4 is 0 Å². The van der Waals surface area contributed by atoms with Gasteiger partial charge in [0.1, 0.15) is 6.04 Å². The number of rotatable bonds is 4. The van der Waals surface area contributed by atoms with Gasteiger partial charge in [-0.05, 0) is 25.7 Å². The third-order valence-electron chi connectivity index (χ3n) is 4.05. The Bertz CT molecular complexity index is 245. The molecule has 0 aromatic rings. The van der Waals surface area contributed by atoms with Gasteiger partial charge in [-0.1, -0.05) is 6.42 Å². The highest BCUT2D eigenvalue weighted by Gasteiger charge is 2.27. The molecule has 92 valence electrons. The highest BCUT2D eigenvalue weighted by atomic mass is 16.4. The van der Waals surface area contributed by atoms with Crippen molar-refractivity contribution in [1.82, 2.24) is 9.80 Å². The lowest BCUT2D eigenvalue weighted by Gasteiger charge is -2.39. The average Bonchev–Trinajstić information content (AvgIpc) is 2.23. The van der Waals surface area contributed by atoms with Crippen LogP contribution in [0, 0.1) is 5.92 Å². The predicted molar refractivity (Wildman–Crippen MR) is 62.5 cm³/mol. The van der Waals surface area contributed by atoms with Crippen molar-refractivity contribution in [3.63, 3.8) is 0 Å². The number of hydrogen-bond donors (Lipinski definition) is 1. The van der Waals surface area contributed by atoms with Gasteiger partial charge in [-0.25, -0.2) is 0 Å². The Kier molecular flexibility index (Phi) is 3.82. The molecule has 1 aliphatic carbocycles. The number of carboxylic acid groups (broad SMARTS) is 1. The Labute approximate surface area is 97.2 Å². The number of aliphatic carboxylic acids is 1. The maximum absolute atomic E-state index is 10.9. The molecule has 0 bridgehead atoms. The van der Waals surface area contributed by atoms with Crippen LogP contribution in [0.5, 0.6) is 0 Å². The zero-order valence-electron chi connectivity index (χ0n) is 10.1. The molecule has 1 saturated heterocycles. The molecule has 2 fully saturated rings. The van der Waals surface area contributed by atoms with E-state index in [2.05, 4.69) is 9.80 Å². The molecule has 0 radical (unpaired) electrons. The first-order valence-corrected chi connectivity index (χ1v) is 6.36. The van der Waals surface area contributed by atoms with Crippen LogP contribution in [0.25, 0.3) is 0 Å². The highest BCUT2D eigenvalue weighted by molar-refractivity contribution is 5.72. The maximum atomic E-state index is 10.9. The van der Waals surface area contributed by atoms with E-state index in [1.54, 1.807) is 6.92 Å². The van der Waals surface area contributed by atoms with E-state index in [1.165, 1.54) is 25.8 Å². The fraction of sp³-hybridized carbons (Fsp3) is 0.917. The highest BCUT2D eigenvalue weighted by Crippen LogP contribution is 2.27. The van der Waals surface area contributed by atoms with Crippen molar-refractivity contribution in [2.45, 2.75) is 32.2 Å². The molecule has 1 saturated carbocycles. The van der Waals surface area contributed by atoms with E-state index in [4.69, 9.17) is 5.11 Å². The van der Waals surface area contributed by atoms with Crippen LogP contribution in [0.4, 0.5) is 0 Å². The van der Waals surface area contributed by atoms with E-state index < -0.39 is 5.97 Å². The van der Waals surface area contributed by atoms with Gasteiger partial charge < -0.3 is 10.0 Å². The zero-order valence-corrected chi connectivity index (χ0v) is 10.1. The van der Waals surface area contributed by atoms with E-state index in [-0.39, 0.29) is 6.04 Å². The third-order valence-corrected chi connectivity index (χ3v) is 4.05. The summed E-state index contributed by atoms with van der Waals surface area (Å²) in [5, 5.41) is 8.94. The molecule has 0 aromatic carbocycles. The molecule has 4 nitrogen and oxygen atoms in total.